The summed E-state index contributed by atoms with van der Waals surface area (Å²) >= 11 is 1.80. The van der Waals surface area contributed by atoms with Crippen LogP contribution in [0.15, 0.2) is 41.1 Å². The van der Waals surface area contributed by atoms with Gasteiger partial charge in [-0.25, -0.2) is 4.79 Å². The molecule has 5 rings (SSSR count). The fourth-order valence-corrected chi connectivity index (χ4v) is 6.72. The van der Waals surface area contributed by atoms with E-state index in [1.165, 1.54) is 27.7 Å². The molecule has 2 aromatic heterocycles. The van der Waals surface area contributed by atoms with E-state index in [9.17, 15) is 14.4 Å². The highest BCUT2D eigenvalue weighted by Gasteiger charge is 2.49. The zero-order valence-corrected chi connectivity index (χ0v) is 22.8. The quantitative estimate of drug-likeness (QED) is 0.291. The molecule has 1 fully saturated rings. The number of nitrogens with one attached hydrogen (secondary N) is 1. The second kappa shape index (κ2) is 11.1. The Kier molecular flexibility index (Phi) is 8.17. The van der Waals surface area contributed by atoms with Gasteiger partial charge in [-0.2, -0.15) is 11.3 Å². The molecule has 1 spiro atoms. The molecule has 210 valence electrons. The molecule has 1 saturated carbocycles. The molecule has 3 aromatic rings. The van der Waals surface area contributed by atoms with Gasteiger partial charge in [0.2, 0.25) is 0 Å². The van der Waals surface area contributed by atoms with E-state index < -0.39 is 36.4 Å². The van der Waals surface area contributed by atoms with Gasteiger partial charge in [-0.1, -0.05) is 18.2 Å². The second-order valence-electron chi connectivity index (χ2n) is 10.5. The van der Waals surface area contributed by atoms with Crippen molar-refractivity contribution in [3.8, 4) is 0 Å². The highest BCUT2D eigenvalue weighted by molar-refractivity contribution is 7.08. The summed E-state index contributed by atoms with van der Waals surface area (Å²) in [5, 5.41) is 39.7. The fraction of sp³-hybridized carbons (Fsp3) is 0.464. The van der Waals surface area contributed by atoms with Crippen LogP contribution in [0, 0.1) is 0 Å². The zero-order valence-electron chi connectivity index (χ0n) is 22.0. The van der Waals surface area contributed by atoms with Crippen molar-refractivity contribution in [3.63, 3.8) is 0 Å². The van der Waals surface area contributed by atoms with E-state index in [4.69, 9.17) is 25.2 Å². The molecule has 1 aliphatic carbocycles. The van der Waals surface area contributed by atoms with Crippen molar-refractivity contribution in [3.05, 3.63) is 57.9 Å². The number of carboxylic acid groups (broad SMARTS) is 3. The molecule has 3 heterocycles. The number of carboxylic acids is 3. The lowest BCUT2D eigenvalue weighted by atomic mass is 9.68. The Balaban J connectivity index is 0.000000233. The Hall–Kier alpha value is -3.25. The zero-order chi connectivity index (χ0) is 28.4. The number of hydrogen-bond acceptors (Lipinski definition) is 7. The molecular weight excluding hydrogens is 524 g/mol. The van der Waals surface area contributed by atoms with Crippen molar-refractivity contribution in [2.45, 2.75) is 61.7 Å². The molecule has 0 unspecified atom stereocenters. The van der Waals surface area contributed by atoms with Crippen LogP contribution < -0.4 is 0 Å². The summed E-state index contributed by atoms with van der Waals surface area (Å²) in [6.45, 7) is 0.836. The second-order valence-corrected chi connectivity index (χ2v) is 11.3. The summed E-state index contributed by atoms with van der Waals surface area (Å²) in [6.07, 6.45) is 3.13. The molecule has 0 saturated heterocycles. The number of benzene rings is 1. The lowest BCUT2D eigenvalue weighted by molar-refractivity contribution is -0.170. The van der Waals surface area contributed by atoms with Crippen LogP contribution in [-0.4, -0.2) is 74.5 Å². The Bertz CT molecular complexity index is 1320. The number of rotatable bonds is 7. The summed E-state index contributed by atoms with van der Waals surface area (Å²) in [4.78, 5) is 36.6. The van der Waals surface area contributed by atoms with E-state index >= 15 is 0 Å². The number of aliphatic hydroxyl groups is 1. The smallest absolute Gasteiger partial charge is 0.336 e. The number of nitrogens with zero attached hydrogens (tertiary/aromatic N) is 1. The number of aliphatic carboxylic acids is 3. The minimum atomic E-state index is -2.74. The lowest BCUT2D eigenvalue weighted by Crippen LogP contribution is -2.49. The van der Waals surface area contributed by atoms with Crippen LogP contribution in [0.25, 0.3) is 10.9 Å². The molecule has 39 heavy (non-hydrogen) atoms. The van der Waals surface area contributed by atoms with Gasteiger partial charge >= 0.3 is 17.9 Å². The molecule has 1 aromatic carbocycles. The van der Waals surface area contributed by atoms with Crippen LogP contribution >= 0.6 is 11.3 Å². The normalized spacial score (nSPS) is 22.8. The van der Waals surface area contributed by atoms with Crippen LogP contribution in [0.5, 0.6) is 0 Å². The van der Waals surface area contributed by atoms with Crippen molar-refractivity contribution in [2.24, 2.45) is 0 Å². The summed E-state index contributed by atoms with van der Waals surface area (Å²) in [5.41, 5.74) is 2.82. The standard InChI is InChI=1S/C22H26N2OS.C6H8O7/c1-24(2)21(16-8-14-26-15-16)9-11-22(12-10-21)20-18(7-13-25-22)17-5-3-4-6-19(17)23-20;7-3(8)1-6(13,5(11)12)2-4(9)10/h3-6,8,14-15,23H,7,9-13H2,1-2H3;13H,1-2H2,(H,7,8)(H,9,10)(H,11,12). The highest BCUT2D eigenvalue weighted by Crippen LogP contribution is 2.52. The monoisotopic (exact) mass is 558 g/mol. The lowest BCUT2D eigenvalue weighted by Gasteiger charge is -2.50. The summed E-state index contributed by atoms with van der Waals surface area (Å²) in [7, 11) is 4.46. The maximum Gasteiger partial charge on any atom is 0.336 e. The minimum Gasteiger partial charge on any atom is -0.481 e. The predicted octanol–water partition coefficient (Wildman–Crippen LogP) is 3.78. The number of thiophene rings is 1. The first-order chi connectivity index (χ1) is 18.4. The molecule has 0 atom stereocenters. The SMILES string of the molecule is CN(C)C1(c2ccsc2)CCC2(CC1)OCCc1c2[nH]c2ccccc12.O=C(O)CC(O)(CC(=O)O)C(=O)O. The molecule has 11 heteroatoms. The van der Waals surface area contributed by atoms with Crippen LogP contribution in [0.2, 0.25) is 0 Å². The molecule has 2 aliphatic rings. The maximum atomic E-state index is 10.3. The van der Waals surface area contributed by atoms with Gasteiger partial charge in [-0.05, 0) is 80.2 Å². The number of fused-ring (bicyclic) bond motifs is 4. The van der Waals surface area contributed by atoms with Gasteiger partial charge in [0.25, 0.3) is 0 Å². The fourth-order valence-electron chi connectivity index (χ4n) is 5.97. The molecule has 0 amide bonds. The van der Waals surface area contributed by atoms with Crippen molar-refractivity contribution in [2.75, 3.05) is 20.7 Å². The van der Waals surface area contributed by atoms with Crippen molar-refractivity contribution in [1.29, 1.82) is 0 Å². The van der Waals surface area contributed by atoms with Gasteiger partial charge in [0.15, 0.2) is 5.60 Å². The number of ether oxygens (including phenoxy) is 1. The van der Waals surface area contributed by atoms with E-state index in [0.717, 1.165) is 38.7 Å². The minimum absolute atomic E-state index is 0.137. The van der Waals surface area contributed by atoms with Gasteiger partial charge in [0, 0.05) is 16.4 Å². The Morgan fingerprint density at radius 3 is 2.21 bits per heavy atom. The van der Waals surface area contributed by atoms with Gasteiger partial charge in [0.05, 0.1) is 25.1 Å². The van der Waals surface area contributed by atoms with E-state index in [1.807, 2.05) is 0 Å². The molecule has 0 radical (unpaired) electrons. The van der Waals surface area contributed by atoms with Gasteiger partial charge in [-0.3, -0.25) is 14.5 Å². The first-order valence-electron chi connectivity index (χ1n) is 12.8. The number of aromatic amines is 1. The molecular formula is C28H34N2O8S. The first-order valence-corrected chi connectivity index (χ1v) is 13.7. The molecule has 1 aliphatic heterocycles. The number of para-hydroxylation sites is 1. The van der Waals surface area contributed by atoms with E-state index in [2.05, 4.69) is 65.1 Å². The van der Waals surface area contributed by atoms with Crippen LogP contribution in [0.3, 0.4) is 0 Å². The molecule has 0 bridgehead atoms. The average molecular weight is 559 g/mol. The summed E-state index contributed by atoms with van der Waals surface area (Å²) < 4.78 is 6.51. The third kappa shape index (κ3) is 5.58. The number of aromatic nitrogens is 1. The van der Waals surface area contributed by atoms with Gasteiger partial charge < -0.3 is 30.1 Å². The van der Waals surface area contributed by atoms with Crippen LogP contribution in [0.1, 0.15) is 55.3 Å². The first kappa shape index (κ1) is 28.8. The Morgan fingerprint density at radius 2 is 1.67 bits per heavy atom. The van der Waals surface area contributed by atoms with E-state index in [1.54, 1.807) is 11.3 Å². The van der Waals surface area contributed by atoms with Gasteiger partial charge in [-0.15, -0.1) is 0 Å². The largest absolute Gasteiger partial charge is 0.481 e. The summed E-state index contributed by atoms with van der Waals surface area (Å²) in [6, 6.07) is 11.0. The highest BCUT2D eigenvalue weighted by atomic mass is 32.1. The predicted molar refractivity (Wildman–Crippen MR) is 145 cm³/mol. The Morgan fingerprint density at radius 1 is 1.03 bits per heavy atom. The van der Waals surface area contributed by atoms with Crippen molar-refractivity contribution >= 4 is 40.1 Å². The molecule has 5 N–H and O–H groups in total. The number of hydrogen-bond donors (Lipinski definition) is 5. The third-order valence-corrected chi connectivity index (χ3v) is 8.77. The third-order valence-electron chi connectivity index (χ3n) is 8.08. The molecule has 10 nitrogen and oxygen atoms in total. The average Bonchev–Trinajstić information content (AvgIpc) is 3.54. The Labute approximate surface area is 229 Å². The summed E-state index contributed by atoms with van der Waals surface area (Å²) in [5.74, 6) is -5.02. The topological polar surface area (TPSA) is 160 Å². The van der Waals surface area contributed by atoms with Gasteiger partial charge in [0.1, 0.15) is 5.60 Å². The van der Waals surface area contributed by atoms with E-state index in [0.29, 0.717) is 0 Å². The number of H-pyrrole nitrogens is 1. The van der Waals surface area contributed by atoms with E-state index in [-0.39, 0.29) is 11.1 Å². The number of carbonyl (C=O) groups is 3. The van der Waals surface area contributed by atoms with Crippen LogP contribution in [0.4, 0.5) is 0 Å². The van der Waals surface area contributed by atoms with Crippen molar-refractivity contribution in [1.82, 2.24) is 9.88 Å². The maximum absolute atomic E-state index is 10.3. The van der Waals surface area contributed by atoms with Crippen molar-refractivity contribution < 1.29 is 39.5 Å². The van der Waals surface area contributed by atoms with Crippen LogP contribution in [-0.2, 0) is 36.7 Å².